The lowest BCUT2D eigenvalue weighted by Crippen LogP contribution is -2.71. The van der Waals surface area contributed by atoms with E-state index >= 15 is 0 Å². The molecule has 394 valence electrons. The monoisotopic (exact) mass is 998 g/mol. The molecule has 0 radical (unpaired) electrons. The van der Waals surface area contributed by atoms with E-state index < -0.39 is 216 Å². The summed E-state index contributed by atoms with van der Waals surface area (Å²) in [5.74, 6) is -6.81. The van der Waals surface area contributed by atoms with Gasteiger partial charge in [-0.05, 0) is 0 Å². The highest BCUT2D eigenvalue weighted by molar-refractivity contribution is 5.76. The molecule has 19 N–H and O–H groups in total. The van der Waals surface area contributed by atoms with E-state index in [0.717, 1.165) is 13.8 Å². The Morgan fingerprint density at radius 1 is 0.588 bits per heavy atom. The van der Waals surface area contributed by atoms with Crippen molar-refractivity contribution in [2.45, 2.75) is 179 Å². The minimum Gasteiger partial charge on any atom is -0.477 e. The minimum absolute atomic E-state index is 0.808. The van der Waals surface area contributed by atoms with Gasteiger partial charge in [0.25, 0.3) is 5.79 Å². The second-order valence-corrected chi connectivity index (χ2v) is 16.9. The normalized spacial score (nSPS) is 46.6. The fourth-order valence-corrected chi connectivity index (χ4v) is 8.42. The van der Waals surface area contributed by atoms with Gasteiger partial charge in [-0.25, -0.2) is 4.79 Å². The molecule has 0 aromatic carbocycles. The van der Waals surface area contributed by atoms with Gasteiger partial charge in [0.05, 0.1) is 45.2 Å². The first-order chi connectivity index (χ1) is 31.9. The smallest absolute Gasteiger partial charge is 0.364 e. The van der Waals surface area contributed by atoms with Crippen LogP contribution in [0, 0.1) is 0 Å². The first-order valence-corrected chi connectivity index (χ1v) is 21.2. The van der Waals surface area contributed by atoms with Crippen LogP contribution in [0.15, 0.2) is 0 Å². The van der Waals surface area contributed by atoms with Gasteiger partial charge in [-0.1, -0.05) is 0 Å². The predicted molar refractivity (Wildman–Crippen MR) is 207 cm³/mol. The summed E-state index contributed by atoms with van der Waals surface area (Å²) in [6.45, 7) is -3.31. The van der Waals surface area contributed by atoms with Crippen molar-refractivity contribution >= 4 is 17.8 Å². The molecule has 0 spiro atoms. The first kappa shape index (κ1) is 56.3. The summed E-state index contributed by atoms with van der Waals surface area (Å²) in [6, 6.07) is -3.53. The third-order valence-corrected chi connectivity index (χ3v) is 12.1. The predicted octanol–water partition coefficient (Wildman–Crippen LogP) is -12.4. The maximum absolute atomic E-state index is 13.0. The molecule has 26 atom stereocenters. The summed E-state index contributed by atoms with van der Waals surface area (Å²) in [6.07, 6.45) is -47.3. The van der Waals surface area contributed by atoms with E-state index in [1.807, 2.05) is 0 Å². The average molecular weight is 999 g/mol. The molecular formula is C37H62N2O29. The quantitative estimate of drug-likeness (QED) is 0.0606. The number of aliphatic hydroxyl groups is 16. The van der Waals surface area contributed by atoms with E-state index in [9.17, 15) is 101 Å². The molecule has 68 heavy (non-hydrogen) atoms. The van der Waals surface area contributed by atoms with Crippen LogP contribution in [0.25, 0.3) is 0 Å². The van der Waals surface area contributed by atoms with Gasteiger partial charge in [0, 0.05) is 20.3 Å². The lowest BCUT2D eigenvalue weighted by atomic mass is 9.88. The van der Waals surface area contributed by atoms with Gasteiger partial charge in [0.1, 0.15) is 116 Å². The molecule has 5 aliphatic heterocycles. The van der Waals surface area contributed by atoms with Gasteiger partial charge in [0.2, 0.25) is 11.8 Å². The number of ether oxygens (including phenoxy) is 9. The molecule has 0 aliphatic carbocycles. The highest BCUT2D eigenvalue weighted by Gasteiger charge is 2.59. The molecule has 5 saturated heterocycles. The largest absolute Gasteiger partial charge is 0.477 e. The molecule has 0 aromatic heterocycles. The number of carboxylic acids is 1. The Hall–Kier alpha value is -2.59. The lowest BCUT2D eigenvalue weighted by molar-refractivity contribution is -0.382. The van der Waals surface area contributed by atoms with Gasteiger partial charge in [0.15, 0.2) is 25.2 Å². The Morgan fingerprint density at radius 3 is 1.66 bits per heavy atom. The molecule has 26 unspecified atom stereocenters. The Bertz CT molecular complexity index is 1650. The van der Waals surface area contributed by atoms with Crippen molar-refractivity contribution in [3.63, 3.8) is 0 Å². The molecule has 5 fully saturated rings. The number of aliphatic carboxylic acids is 1. The number of rotatable bonds is 18. The summed E-state index contributed by atoms with van der Waals surface area (Å²) >= 11 is 0. The Balaban J connectivity index is 1.53. The van der Waals surface area contributed by atoms with E-state index in [1.165, 1.54) is 0 Å². The van der Waals surface area contributed by atoms with Crippen LogP contribution in [-0.2, 0) is 57.0 Å². The van der Waals surface area contributed by atoms with Crippen LogP contribution >= 0.6 is 0 Å². The maximum Gasteiger partial charge on any atom is 0.364 e. The van der Waals surface area contributed by atoms with Crippen LogP contribution in [-0.4, -0.2) is 297 Å². The summed E-state index contributed by atoms with van der Waals surface area (Å²) in [4.78, 5) is 37.8. The number of aliphatic hydroxyl groups excluding tert-OH is 16. The topological polar surface area (TPSA) is 502 Å². The average Bonchev–Trinajstić information content (AvgIpc) is 3.29. The van der Waals surface area contributed by atoms with E-state index in [-0.39, 0.29) is 0 Å². The Morgan fingerprint density at radius 2 is 1.10 bits per heavy atom. The molecule has 5 rings (SSSR count). The van der Waals surface area contributed by atoms with Crippen LogP contribution in [0.5, 0.6) is 0 Å². The van der Waals surface area contributed by atoms with Crippen LogP contribution in [0.4, 0.5) is 0 Å². The highest BCUT2D eigenvalue weighted by Crippen LogP contribution is 2.38. The number of carbonyl (C=O) groups excluding carboxylic acids is 2. The summed E-state index contributed by atoms with van der Waals surface area (Å²) in [7, 11) is 0. The SMILES string of the molecule is CC(=O)NC1C(O)CC(OCC2OC(OC3C(O)C(CO)OC(OC4C(CO)OC(O)C(O)C4O)C3O)C(NC(C)=O)C(OC3OC(CO)C(O)C(O)C3O)C2O)(C(=O)O)OC1C(O)C(O)CO. The molecule has 0 aromatic rings. The van der Waals surface area contributed by atoms with Gasteiger partial charge >= 0.3 is 5.97 Å². The number of nitrogens with one attached hydrogen (secondary N) is 2. The van der Waals surface area contributed by atoms with Crippen LogP contribution in [0.3, 0.4) is 0 Å². The summed E-state index contributed by atoms with van der Waals surface area (Å²) in [5, 5.41) is 184. The minimum atomic E-state index is -3.06. The van der Waals surface area contributed by atoms with Crippen LogP contribution < -0.4 is 10.6 Å². The molecular weight excluding hydrogens is 936 g/mol. The third-order valence-electron chi connectivity index (χ3n) is 12.1. The van der Waals surface area contributed by atoms with Crippen molar-refractivity contribution < 1.29 is 144 Å². The number of carbonyl (C=O) groups is 3. The zero-order valence-corrected chi connectivity index (χ0v) is 36.2. The fraction of sp³-hybridized carbons (Fsp3) is 0.919. The fourth-order valence-electron chi connectivity index (χ4n) is 8.42. The number of amides is 2. The van der Waals surface area contributed by atoms with Gasteiger partial charge in [-0.2, -0.15) is 0 Å². The van der Waals surface area contributed by atoms with Crippen molar-refractivity contribution in [3.8, 4) is 0 Å². The number of hydrogen-bond acceptors (Lipinski definition) is 28. The lowest BCUT2D eigenvalue weighted by Gasteiger charge is -2.50. The zero-order valence-electron chi connectivity index (χ0n) is 36.2. The summed E-state index contributed by atoms with van der Waals surface area (Å²) in [5.41, 5.74) is 0. The van der Waals surface area contributed by atoms with Crippen molar-refractivity contribution in [1.82, 2.24) is 10.6 Å². The maximum atomic E-state index is 13.0. The van der Waals surface area contributed by atoms with E-state index in [0.29, 0.717) is 0 Å². The van der Waals surface area contributed by atoms with Crippen LogP contribution in [0.2, 0.25) is 0 Å². The second kappa shape index (κ2) is 23.8. The molecule has 5 heterocycles. The zero-order chi connectivity index (χ0) is 50.7. The van der Waals surface area contributed by atoms with Gasteiger partial charge in [-0.15, -0.1) is 0 Å². The molecule has 2 amide bonds. The van der Waals surface area contributed by atoms with Crippen molar-refractivity contribution in [2.75, 3.05) is 33.0 Å². The molecule has 5 aliphatic rings. The van der Waals surface area contributed by atoms with Gasteiger partial charge < -0.3 is 140 Å². The molecule has 31 heteroatoms. The van der Waals surface area contributed by atoms with Crippen molar-refractivity contribution in [1.29, 1.82) is 0 Å². The molecule has 0 bridgehead atoms. The molecule has 0 saturated carbocycles. The number of carboxylic acid groups (broad SMARTS) is 1. The summed E-state index contributed by atoms with van der Waals surface area (Å²) < 4.78 is 50.9. The molecule has 31 nitrogen and oxygen atoms in total. The Kier molecular flexibility index (Phi) is 19.7. The second-order valence-electron chi connectivity index (χ2n) is 16.9. The van der Waals surface area contributed by atoms with E-state index in [4.69, 9.17) is 42.6 Å². The Labute approximate surface area is 384 Å². The van der Waals surface area contributed by atoms with Crippen LogP contribution in [0.1, 0.15) is 20.3 Å². The number of hydrogen-bond donors (Lipinski definition) is 19. The standard InChI is InChI=1S/C37H62N2O29/c1-9(44)38-17-11(46)3-37(36(58)59,68-30(17)19(48)12(47)4-40)60-8-16-22(51)29(66-34-26(55)23(52)20(49)13(5-41)62-34)18(39-10(2)45)33(64-16)67-31-21(50)14(6-42)63-35(27(31)56)65-28-15(7-43)61-32(57)25(54)24(28)53/h11-35,40-43,46-57H,3-8H2,1-2H3,(H,38,44)(H,39,45)(H,58,59). The van der Waals surface area contributed by atoms with Gasteiger partial charge in [-0.3, -0.25) is 9.59 Å². The van der Waals surface area contributed by atoms with E-state index in [2.05, 4.69) is 10.6 Å². The third kappa shape index (κ3) is 12.0. The highest BCUT2D eigenvalue weighted by atomic mass is 16.8. The van der Waals surface area contributed by atoms with Crippen molar-refractivity contribution in [2.24, 2.45) is 0 Å². The van der Waals surface area contributed by atoms with Crippen molar-refractivity contribution in [3.05, 3.63) is 0 Å². The van der Waals surface area contributed by atoms with E-state index in [1.54, 1.807) is 0 Å². The first-order valence-electron chi connectivity index (χ1n) is 21.2.